The van der Waals surface area contributed by atoms with Gasteiger partial charge in [-0.2, -0.15) is 10.4 Å². The van der Waals surface area contributed by atoms with E-state index >= 15 is 0 Å². The molecule has 0 saturated heterocycles. The van der Waals surface area contributed by atoms with Crippen molar-refractivity contribution in [3.8, 4) is 34.0 Å². The van der Waals surface area contributed by atoms with E-state index in [-0.39, 0.29) is 5.56 Å². The topological polar surface area (TPSA) is 88.5 Å². The molecule has 5 rings (SSSR count). The zero-order valence-corrected chi connectivity index (χ0v) is 18.0. The highest BCUT2D eigenvalue weighted by molar-refractivity contribution is 6.32. The summed E-state index contributed by atoms with van der Waals surface area (Å²) in [5.41, 5.74) is 4.08. The molecule has 1 aliphatic rings. The summed E-state index contributed by atoms with van der Waals surface area (Å²) in [6.45, 7) is 0. The fourth-order valence-corrected chi connectivity index (χ4v) is 3.79. The lowest BCUT2D eigenvalue weighted by Crippen LogP contribution is -2.15. The number of aromatic nitrogens is 4. The molecule has 1 fully saturated rings. The fraction of sp³-hybridized carbons (Fsp3) is 0.167. The highest BCUT2D eigenvalue weighted by atomic mass is 35.5. The monoisotopic (exact) mass is 442 g/mol. The van der Waals surface area contributed by atoms with Crippen LogP contribution in [0.5, 0.6) is 0 Å². The van der Waals surface area contributed by atoms with E-state index in [2.05, 4.69) is 21.5 Å². The van der Waals surface area contributed by atoms with Crippen molar-refractivity contribution in [1.29, 1.82) is 5.26 Å². The molecule has 1 saturated carbocycles. The highest BCUT2D eigenvalue weighted by Gasteiger charge is 2.21. The number of hydrogen-bond donors (Lipinski definition) is 1. The molecule has 0 unspecified atom stereocenters. The molecular weight excluding hydrogens is 424 g/mol. The van der Waals surface area contributed by atoms with Gasteiger partial charge >= 0.3 is 0 Å². The lowest BCUT2D eigenvalue weighted by molar-refractivity contribution is 0.863. The van der Waals surface area contributed by atoms with Crippen LogP contribution in [0.15, 0.2) is 66.0 Å². The highest BCUT2D eigenvalue weighted by Crippen LogP contribution is 2.32. The molecule has 1 N–H and O–H groups in total. The minimum atomic E-state index is -0.113. The summed E-state index contributed by atoms with van der Waals surface area (Å²) in [6.07, 6.45) is 9.45. The van der Waals surface area contributed by atoms with Crippen LogP contribution in [0.4, 0.5) is 5.82 Å². The summed E-state index contributed by atoms with van der Waals surface area (Å²) in [5.74, 6) is 0.833. The summed E-state index contributed by atoms with van der Waals surface area (Å²) in [5, 5.41) is 17.7. The van der Waals surface area contributed by atoms with Gasteiger partial charge in [0.1, 0.15) is 11.9 Å². The van der Waals surface area contributed by atoms with Crippen molar-refractivity contribution in [2.45, 2.75) is 18.9 Å². The first-order valence-electron chi connectivity index (χ1n) is 10.2. The number of nitrogens with zero attached hydrogens (tertiary/aromatic N) is 5. The predicted molar refractivity (Wildman–Crippen MR) is 124 cm³/mol. The fourth-order valence-electron chi connectivity index (χ4n) is 3.58. The molecule has 0 spiro atoms. The van der Waals surface area contributed by atoms with Crippen LogP contribution in [-0.2, 0) is 7.05 Å². The Hall–Kier alpha value is -3.89. The van der Waals surface area contributed by atoms with E-state index in [0.29, 0.717) is 22.3 Å². The molecule has 3 heterocycles. The van der Waals surface area contributed by atoms with Crippen molar-refractivity contribution in [2.75, 3.05) is 5.32 Å². The van der Waals surface area contributed by atoms with Gasteiger partial charge in [0.15, 0.2) is 0 Å². The number of hydrogen-bond acceptors (Lipinski definition) is 5. The van der Waals surface area contributed by atoms with Crippen molar-refractivity contribution < 1.29 is 0 Å². The molecule has 1 aliphatic carbocycles. The van der Waals surface area contributed by atoms with E-state index in [4.69, 9.17) is 11.6 Å². The van der Waals surface area contributed by atoms with Crippen molar-refractivity contribution >= 4 is 17.4 Å². The largest absolute Gasteiger partial charge is 0.367 e. The first-order chi connectivity index (χ1) is 15.5. The Morgan fingerprint density at radius 2 is 1.97 bits per heavy atom. The molecular formula is C24H19ClN6O. The van der Waals surface area contributed by atoms with Crippen LogP contribution >= 0.6 is 11.6 Å². The molecule has 0 radical (unpaired) electrons. The van der Waals surface area contributed by atoms with Crippen LogP contribution in [0.1, 0.15) is 18.4 Å². The molecule has 0 bridgehead atoms. The van der Waals surface area contributed by atoms with Crippen LogP contribution in [0.3, 0.4) is 0 Å². The summed E-state index contributed by atoms with van der Waals surface area (Å²) < 4.78 is 3.16. The van der Waals surface area contributed by atoms with E-state index in [1.54, 1.807) is 54.6 Å². The molecule has 0 aliphatic heterocycles. The molecule has 7 nitrogen and oxygen atoms in total. The molecule has 4 aromatic rings. The normalized spacial score (nSPS) is 13.0. The van der Waals surface area contributed by atoms with Gasteiger partial charge in [-0.15, -0.1) is 0 Å². The molecule has 0 atom stereocenters. The third-order valence-electron chi connectivity index (χ3n) is 5.48. The van der Waals surface area contributed by atoms with E-state index < -0.39 is 0 Å². The van der Waals surface area contributed by atoms with Crippen LogP contribution in [0.2, 0.25) is 5.02 Å². The number of nitrogens with one attached hydrogen (secondary N) is 1. The number of rotatable bonds is 5. The Kier molecular flexibility index (Phi) is 5.00. The third kappa shape index (κ3) is 3.77. The molecule has 1 aromatic carbocycles. The Morgan fingerprint density at radius 1 is 1.12 bits per heavy atom. The van der Waals surface area contributed by atoms with Gasteiger partial charge in [0.25, 0.3) is 5.56 Å². The van der Waals surface area contributed by atoms with E-state index in [1.807, 2.05) is 18.3 Å². The molecule has 0 amide bonds. The maximum Gasteiger partial charge on any atom is 0.250 e. The van der Waals surface area contributed by atoms with Crippen LogP contribution in [-0.4, -0.2) is 25.4 Å². The summed E-state index contributed by atoms with van der Waals surface area (Å²) in [6, 6.07) is 13.4. The van der Waals surface area contributed by atoms with Gasteiger partial charge < -0.3 is 9.88 Å². The minimum absolute atomic E-state index is 0.113. The molecule has 158 valence electrons. The number of halogens is 1. The summed E-state index contributed by atoms with van der Waals surface area (Å²) in [7, 11) is 1.71. The van der Waals surface area contributed by atoms with Crippen molar-refractivity contribution in [3.63, 3.8) is 0 Å². The first-order valence-corrected chi connectivity index (χ1v) is 10.6. The van der Waals surface area contributed by atoms with Crippen molar-refractivity contribution in [1.82, 2.24) is 19.3 Å². The lowest BCUT2D eigenvalue weighted by Gasteiger charge is -2.11. The Labute approximate surface area is 189 Å². The third-order valence-corrected chi connectivity index (χ3v) is 5.79. The molecule has 8 heteroatoms. The van der Waals surface area contributed by atoms with E-state index in [9.17, 15) is 10.1 Å². The Morgan fingerprint density at radius 3 is 2.69 bits per heavy atom. The van der Waals surface area contributed by atoms with Crippen LogP contribution in [0.25, 0.3) is 27.9 Å². The van der Waals surface area contributed by atoms with Crippen molar-refractivity contribution in [3.05, 3.63) is 82.1 Å². The van der Waals surface area contributed by atoms with Gasteiger partial charge in [-0.3, -0.25) is 4.79 Å². The SMILES string of the molecule is Cn1cc(-c2cnn(-c3cccc(Cl)c3C#N)c2)c(-c2ccc(NC3CC3)nc2)cc1=O. The Bertz CT molecular complexity index is 1410. The van der Waals surface area contributed by atoms with Gasteiger partial charge in [0.05, 0.1) is 22.5 Å². The lowest BCUT2D eigenvalue weighted by atomic mass is 9.99. The van der Waals surface area contributed by atoms with Gasteiger partial charge in [0, 0.05) is 54.4 Å². The second kappa shape index (κ2) is 7.98. The van der Waals surface area contributed by atoms with Crippen molar-refractivity contribution in [2.24, 2.45) is 7.05 Å². The average Bonchev–Trinajstić information content (AvgIpc) is 3.47. The summed E-state index contributed by atoms with van der Waals surface area (Å²) >= 11 is 6.18. The van der Waals surface area contributed by atoms with E-state index in [1.165, 1.54) is 17.4 Å². The molecule has 3 aromatic heterocycles. The van der Waals surface area contributed by atoms with Crippen LogP contribution < -0.4 is 10.9 Å². The summed E-state index contributed by atoms with van der Waals surface area (Å²) in [4.78, 5) is 16.9. The minimum Gasteiger partial charge on any atom is -0.367 e. The number of benzene rings is 1. The zero-order chi connectivity index (χ0) is 22.2. The smallest absolute Gasteiger partial charge is 0.250 e. The maximum atomic E-state index is 12.4. The number of aryl methyl sites for hydroxylation is 1. The number of nitriles is 1. The van der Waals surface area contributed by atoms with Gasteiger partial charge in [-0.05, 0) is 42.7 Å². The second-order valence-corrected chi connectivity index (χ2v) is 8.23. The number of anilines is 1. The maximum absolute atomic E-state index is 12.4. The number of pyridine rings is 2. The average molecular weight is 443 g/mol. The quantitative estimate of drug-likeness (QED) is 0.495. The Balaban J connectivity index is 1.58. The zero-order valence-electron chi connectivity index (χ0n) is 17.3. The van der Waals surface area contributed by atoms with Crippen LogP contribution in [0, 0.1) is 11.3 Å². The second-order valence-electron chi connectivity index (χ2n) is 7.82. The standard InChI is InChI=1S/C24H19ClN6O/c1-30-14-20(16-12-28-31(13-16)22-4-2-3-21(25)19(22)10-26)18(9-24(30)32)15-5-8-23(27-11-15)29-17-6-7-17/h2-5,8-9,11-14,17H,6-7H2,1H3,(H,27,29). The predicted octanol–water partition coefficient (Wildman–Crippen LogP) is 4.40. The van der Waals surface area contributed by atoms with E-state index in [0.717, 1.165) is 28.1 Å². The van der Waals surface area contributed by atoms with Gasteiger partial charge in [-0.25, -0.2) is 9.67 Å². The van der Waals surface area contributed by atoms with Gasteiger partial charge in [0.2, 0.25) is 0 Å². The first kappa shape index (κ1) is 20.0. The van der Waals surface area contributed by atoms with Gasteiger partial charge in [-0.1, -0.05) is 17.7 Å². The molecule has 32 heavy (non-hydrogen) atoms.